The lowest BCUT2D eigenvalue weighted by Gasteiger charge is -2.37. The molecule has 0 spiro atoms. The first kappa shape index (κ1) is 19.6. The van der Waals surface area contributed by atoms with Crippen LogP contribution in [0.25, 0.3) is 0 Å². The summed E-state index contributed by atoms with van der Waals surface area (Å²) in [6, 6.07) is 0. The van der Waals surface area contributed by atoms with Crippen molar-refractivity contribution in [3.05, 3.63) is 0 Å². The van der Waals surface area contributed by atoms with Crippen molar-refractivity contribution in [3.8, 4) is 0 Å². The molecule has 0 aliphatic carbocycles. The van der Waals surface area contributed by atoms with Crippen molar-refractivity contribution in [2.24, 2.45) is 5.41 Å². The van der Waals surface area contributed by atoms with E-state index in [0.717, 1.165) is 12.8 Å². The number of thioether (sulfide) groups is 1. The molecule has 0 aromatic carbocycles. The van der Waals surface area contributed by atoms with Crippen LogP contribution in [0.15, 0.2) is 0 Å². The quantitative estimate of drug-likeness (QED) is 0.419. The van der Waals surface area contributed by atoms with Gasteiger partial charge in [-0.25, -0.2) is 0 Å². The molecule has 0 saturated heterocycles. The van der Waals surface area contributed by atoms with Crippen molar-refractivity contribution >= 4 is 34.7 Å². The van der Waals surface area contributed by atoms with Gasteiger partial charge in [-0.1, -0.05) is 39.5 Å². The fraction of sp³-hybridized carbons (Fsp3) is 0.923. The molecule has 0 aliphatic heterocycles. The van der Waals surface area contributed by atoms with E-state index in [4.69, 9.17) is 4.52 Å². The number of rotatable bonds is 8. The summed E-state index contributed by atoms with van der Waals surface area (Å²) in [5.74, 6) is 0.690. The molecule has 0 fully saturated rings. The summed E-state index contributed by atoms with van der Waals surface area (Å²) >= 11 is 1.34. The van der Waals surface area contributed by atoms with Crippen molar-refractivity contribution < 1.29 is 14.1 Å². The average molecular weight is 324 g/mol. The fourth-order valence-electron chi connectivity index (χ4n) is 1.41. The first-order chi connectivity index (χ1) is 8.44. The van der Waals surface area contributed by atoms with E-state index >= 15 is 0 Å². The molecule has 1 atom stereocenters. The van der Waals surface area contributed by atoms with Crippen LogP contribution in [-0.2, 0) is 9.32 Å². The Bertz CT molecular complexity index is 301. The first-order valence-electron chi connectivity index (χ1n) is 6.65. The Morgan fingerprint density at radius 1 is 1.26 bits per heavy atom. The zero-order valence-electron chi connectivity index (χ0n) is 13.1. The van der Waals surface area contributed by atoms with Crippen LogP contribution in [-0.4, -0.2) is 30.6 Å². The SMILES string of the molecule is CC(C)(CCC(C)(C)[Si](C)(C)O)C(=O)SCCOP. The summed E-state index contributed by atoms with van der Waals surface area (Å²) in [5.41, 5.74) is -0.345. The molecule has 19 heavy (non-hydrogen) atoms. The molecule has 114 valence electrons. The van der Waals surface area contributed by atoms with Gasteiger partial charge in [-0.15, -0.1) is 0 Å². The van der Waals surface area contributed by atoms with Crippen LogP contribution in [0.3, 0.4) is 0 Å². The monoisotopic (exact) mass is 324 g/mol. The highest BCUT2D eigenvalue weighted by atomic mass is 32.2. The lowest BCUT2D eigenvalue weighted by atomic mass is 9.86. The molecule has 0 saturated carbocycles. The van der Waals surface area contributed by atoms with E-state index < -0.39 is 8.32 Å². The van der Waals surface area contributed by atoms with Gasteiger partial charge in [0.2, 0.25) is 0 Å². The number of carbonyl (C=O) groups is 1. The average Bonchev–Trinajstić information content (AvgIpc) is 2.25. The molecular formula is C13H29O3PSSi. The third kappa shape index (κ3) is 6.72. The van der Waals surface area contributed by atoms with Gasteiger partial charge in [-0.3, -0.25) is 4.79 Å². The van der Waals surface area contributed by atoms with Crippen LogP contribution in [0.1, 0.15) is 40.5 Å². The van der Waals surface area contributed by atoms with Crippen molar-refractivity contribution in [3.63, 3.8) is 0 Å². The minimum atomic E-state index is -2.19. The van der Waals surface area contributed by atoms with Crippen molar-refractivity contribution in [2.75, 3.05) is 12.4 Å². The van der Waals surface area contributed by atoms with Crippen molar-refractivity contribution in [1.82, 2.24) is 0 Å². The van der Waals surface area contributed by atoms with E-state index in [1.54, 1.807) is 0 Å². The summed E-state index contributed by atoms with van der Waals surface area (Å²) in [7, 11) is 0.00310. The highest BCUT2D eigenvalue weighted by molar-refractivity contribution is 8.13. The van der Waals surface area contributed by atoms with Gasteiger partial charge in [0.25, 0.3) is 0 Å². The lowest BCUT2D eigenvalue weighted by Crippen LogP contribution is -2.40. The number of hydrogen-bond donors (Lipinski definition) is 1. The molecular weight excluding hydrogens is 295 g/mol. The molecule has 0 radical (unpaired) electrons. The van der Waals surface area contributed by atoms with Gasteiger partial charge in [0.05, 0.1) is 6.61 Å². The Labute approximate surface area is 125 Å². The second kappa shape index (κ2) is 7.55. The molecule has 0 bridgehead atoms. The first-order valence-corrected chi connectivity index (χ1v) is 11.1. The van der Waals surface area contributed by atoms with Gasteiger partial charge in [-0.2, -0.15) is 0 Å². The lowest BCUT2D eigenvalue weighted by molar-refractivity contribution is -0.118. The summed E-state index contributed by atoms with van der Waals surface area (Å²) in [6.07, 6.45) is 1.69. The van der Waals surface area contributed by atoms with E-state index in [1.807, 2.05) is 26.9 Å². The van der Waals surface area contributed by atoms with E-state index in [0.29, 0.717) is 12.4 Å². The largest absolute Gasteiger partial charge is 0.432 e. The maximum Gasteiger partial charge on any atom is 0.194 e. The van der Waals surface area contributed by atoms with Gasteiger partial charge < -0.3 is 9.32 Å². The number of hydrogen-bond acceptors (Lipinski definition) is 4. The van der Waals surface area contributed by atoms with Gasteiger partial charge in [0.1, 0.15) is 0 Å². The third-order valence-electron chi connectivity index (χ3n) is 4.02. The molecule has 0 amide bonds. The second-order valence-electron chi connectivity index (χ2n) is 6.83. The zero-order valence-corrected chi connectivity index (χ0v) is 16.0. The Balaban J connectivity index is 4.41. The van der Waals surface area contributed by atoms with E-state index in [-0.39, 0.29) is 15.6 Å². The molecule has 3 nitrogen and oxygen atoms in total. The van der Waals surface area contributed by atoms with Crippen LogP contribution >= 0.6 is 21.2 Å². The van der Waals surface area contributed by atoms with E-state index in [9.17, 15) is 9.59 Å². The van der Waals surface area contributed by atoms with Crippen LogP contribution in [0, 0.1) is 5.41 Å². The molecule has 0 aliphatic rings. The van der Waals surface area contributed by atoms with Gasteiger partial charge in [0.15, 0.2) is 13.4 Å². The summed E-state index contributed by atoms with van der Waals surface area (Å²) < 4.78 is 4.88. The topological polar surface area (TPSA) is 46.5 Å². The third-order valence-corrected chi connectivity index (χ3v) is 9.00. The van der Waals surface area contributed by atoms with Crippen LogP contribution < -0.4 is 0 Å². The van der Waals surface area contributed by atoms with Crippen LogP contribution in [0.5, 0.6) is 0 Å². The molecule has 0 aromatic heterocycles. The minimum absolute atomic E-state index is 0.0710. The molecule has 0 rings (SSSR count). The predicted octanol–water partition coefficient (Wildman–Crippen LogP) is 3.84. The Kier molecular flexibility index (Phi) is 7.79. The molecule has 6 heteroatoms. The highest BCUT2D eigenvalue weighted by Gasteiger charge is 2.40. The van der Waals surface area contributed by atoms with Crippen molar-refractivity contribution in [2.45, 2.75) is 58.7 Å². The standard InChI is InChI=1S/C13H29O3PSSi/c1-12(2,11(14)18-10-9-16-17)7-8-13(3,4)19(5,6)15/h15H,7-10,17H2,1-6H3. The molecule has 0 aromatic rings. The van der Waals surface area contributed by atoms with Gasteiger partial charge >= 0.3 is 0 Å². The Morgan fingerprint density at radius 2 is 1.79 bits per heavy atom. The summed E-state index contributed by atoms with van der Waals surface area (Å²) in [5, 5.41) is 0.140. The van der Waals surface area contributed by atoms with Crippen LogP contribution in [0.2, 0.25) is 18.1 Å². The molecule has 0 heterocycles. The van der Waals surface area contributed by atoms with E-state index in [2.05, 4.69) is 23.3 Å². The van der Waals surface area contributed by atoms with Crippen molar-refractivity contribution in [1.29, 1.82) is 0 Å². The Morgan fingerprint density at radius 3 is 2.21 bits per heavy atom. The number of carbonyl (C=O) groups excluding carboxylic acids is 1. The maximum atomic E-state index is 12.2. The van der Waals surface area contributed by atoms with Gasteiger partial charge in [-0.05, 0) is 31.0 Å². The van der Waals surface area contributed by atoms with E-state index in [1.165, 1.54) is 11.8 Å². The zero-order chi connectivity index (χ0) is 15.3. The highest BCUT2D eigenvalue weighted by Crippen LogP contribution is 2.43. The van der Waals surface area contributed by atoms with Gasteiger partial charge in [0, 0.05) is 20.6 Å². The minimum Gasteiger partial charge on any atom is -0.432 e. The fourth-order valence-corrected chi connectivity index (χ4v) is 3.29. The predicted molar refractivity (Wildman–Crippen MR) is 89.9 cm³/mol. The summed E-state index contributed by atoms with van der Waals surface area (Å²) in [4.78, 5) is 22.4. The summed E-state index contributed by atoms with van der Waals surface area (Å²) in [6.45, 7) is 12.7. The smallest absolute Gasteiger partial charge is 0.194 e. The molecule has 1 unspecified atom stereocenters. The maximum absolute atomic E-state index is 12.2. The van der Waals surface area contributed by atoms with Crippen LogP contribution in [0.4, 0.5) is 0 Å². The normalized spacial score (nSPS) is 13.7. The molecule has 1 N–H and O–H groups in total. The Hall–Kier alpha value is 0.587. The second-order valence-corrected chi connectivity index (χ2v) is 12.7.